The number of hydrogen-bond donors (Lipinski definition) is 0. The van der Waals surface area contributed by atoms with Gasteiger partial charge in [0, 0.05) is 90.1 Å². The Hall–Kier alpha value is -2.22. The molecule has 400 valence electrons. The van der Waals surface area contributed by atoms with E-state index < -0.39 is 0 Å². The Bertz CT molecular complexity index is 2270. The number of rotatable bonds is 14. The van der Waals surface area contributed by atoms with Gasteiger partial charge in [-0.15, -0.1) is 68.0 Å². The van der Waals surface area contributed by atoms with Crippen LogP contribution in [0.4, 0.5) is 0 Å². The second-order valence-corrected chi connectivity index (χ2v) is 29.0. The third-order valence-corrected chi connectivity index (χ3v) is 22.2. The molecule has 6 aromatic rings. The Morgan fingerprint density at radius 3 is 0.764 bits per heavy atom. The van der Waals surface area contributed by atoms with Crippen LogP contribution in [-0.4, -0.2) is 29.9 Å². The highest BCUT2D eigenvalue weighted by atomic mass is 32.1. The maximum Gasteiger partial charge on any atom is 0.0958 e. The van der Waals surface area contributed by atoms with Crippen molar-refractivity contribution < 1.29 is 0 Å². The zero-order valence-electron chi connectivity index (χ0n) is 47.1. The van der Waals surface area contributed by atoms with E-state index in [0.29, 0.717) is 35.5 Å². The van der Waals surface area contributed by atoms with Crippen molar-refractivity contribution in [1.82, 2.24) is 29.9 Å². The molecule has 12 heteroatoms. The van der Waals surface area contributed by atoms with Crippen molar-refractivity contribution in [2.45, 2.75) is 272 Å². The third-order valence-electron chi connectivity index (χ3n) is 13.7. The van der Waals surface area contributed by atoms with E-state index in [4.69, 9.17) is 0 Å². The van der Waals surface area contributed by atoms with Crippen molar-refractivity contribution in [2.24, 2.45) is 0 Å². The fraction of sp³-hybridized carbons (Fsp3) is 0.700. The molecule has 0 amide bonds. The molecule has 6 heterocycles. The van der Waals surface area contributed by atoms with Crippen LogP contribution in [-0.2, 0) is 12.8 Å². The Morgan fingerprint density at radius 1 is 0.319 bits per heavy atom. The molecular weight excluding hydrogens is 997 g/mol. The number of thiazole rings is 6. The van der Waals surface area contributed by atoms with Crippen molar-refractivity contribution in [3.63, 3.8) is 0 Å². The lowest BCUT2D eigenvalue weighted by Crippen LogP contribution is -2.07. The van der Waals surface area contributed by atoms with Crippen LogP contribution in [0.5, 0.6) is 0 Å². The smallest absolute Gasteiger partial charge is 0.0958 e. The molecule has 0 aliphatic heterocycles. The van der Waals surface area contributed by atoms with Crippen LogP contribution in [0.3, 0.4) is 0 Å². The van der Waals surface area contributed by atoms with Crippen molar-refractivity contribution in [3.05, 3.63) is 96.5 Å². The highest BCUT2D eigenvalue weighted by Crippen LogP contribution is 2.43. The van der Waals surface area contributed by atoms with Crippen molar-refractivity contribution >= 4 is 68.0 Å². The van der Waals surface area contributed by atoms with E-state index in [1.807, 2.05) is 86.6 Å². The molecule has 72 heavy (non-hydrogen) atoms. The van der Waals surface area contributed by atoms with Crippen molar-refractivity contribution in [1.29, 1.82) is 0 Å². The van der Waals surface area contributed by atoms with Gasteiger partial charge in [0.05, 0.1) is 30.0 Å². The molecule has 0 bridgehead atoms. The molecule has 10 rings (SSSR count). The maximum atomic E-state index is 4.58. The second kappa shape index (κ2) is 31.7. The molecule has 6 nitrogen and oxygen atoms in total. The molecule has 0 N–H and O–H groups in total. The minimum absolute atomic E-state index is 0.637. The van der Waals surface area contributed by atoms with Crippen LogP contribution >= 0.6 is 68.0 Å². The average Bonchev–Trinajstić information content (AvgIpc) is 4.15. The number of aryl methyl sites for hydroxylation is 2. The molecule has 0 radical (unpaired) electrons. The van der Waals surface area contributed by atoms with E-state index in [-0.39, 0.29) is 0 Å². The van der Waals surface area contributed by atoms with E-state index in [1.54, 1.807) is 0 Å². The summed E-state index contributed by atoms with van der Waals surface area (Å²) in [5.41, 5.74) is 0. The molecule has 4 aliphatic rings. The first kappa shape index (κ1) is 60.6. The Labute approximate surface area is 462 Å². The van der Waals surface area contributed by atoms with Gasteiger partial charge in [-0.2, -0.15) is 0 Å². The van der Waals surface area contributed by atoms with Crippen LogP contribution in [0.15, 0.2) is 37.2 Å². The summed E-state index contributed by atoms with van der Waals surface area (Å²) in [7, 11) is 0. The van der Waals surface area contributed by atoms with Gasteiger partial charge >= 0.3 is 0 Å². The summed E-state index contributed by atoms with van der Waals surface area (Å²) in [5.74, 6) is 7.07. The Morgan fingerprint density at radius 2 is 0.556 bits per heavy atom. The van der Waals surface area contributed by atoms with Gasteiger partial charge < -0.3 is 0 Å². The predicted molar refractivity (Wildman–Crippen MR) is 321 cm³/mol. The highest BCUT2D eigenvalue weighted by molar-refractivity contribution is 7.13. The fourth-order valence-corrected chi connectivity index (χ4v) is 14.8. The van der Waals surface area contributed by atoms with Gasteiger partial charge in [0.25, 0.3) is 0 Å². The molecule has 0 spiro atoms. The summed E-state index contributed by atoms with van der Waals surface area (Å²) < 4.78 is 0. The number of aromatic nitrogens is 6. The first-order chi connectivity index (χ1) is 34.6. The van der Waals surface area contributed by atoms with Gasteiger partial charge in [0.2, 0.25) is 0 Å². The lowest BCUT2D eigenvalue weighted by atomic mass is 9.86. The summed E-state index contributed by atoms with van der Waals surface area (Å²) in [5, 5.41) is 8.11. The molecule has 4 aliphatic carbocycles. The maximum absolute atomic E-state index is 4.58. The minimum atomic E-state index is 0.637. The van der Waals surface area contributed by atoms with Gasteiger partial charge in [-0.25, -0.2) is 29.9 Å². The van der Waals surface area contributed by atoms with Crippen LogP contribution in [0.2, 0.25) is 0 Å². The van der Waals surface area contributed by atoms with Gasteiger partial charge in [0.1, 0.15) is 0 Å². The fourth-order valence-electron chi connectivity index (χ4n) is 8.37. The molecule has 4 fully saturated rings. The largest absolute Gasteiger partial charge is 0.249 e. The van der Waals surface area contributed by atoms with Gasteiger partial charge in [-0.3, -0.25) is 0 Å². The topological polar surface area (TPSA) is 77.3 Å². The lowest BCUT2D eigenvalue weighted by molar-refractivity contribution is 0.418. The molecule has 0 unspecified atom stereocenters. The zero-order chi connectivity index (χ0) is 52.2. The lowest BCUT2D eigenvalue weighted by Gasteiger charge is -2.22. The van der Waals surface area contributed by atoms with Gasteiger partial charge in [-0.05, 0) is 113 Å². The highest BCUT2D eigenvalue weighted by Gasteiger charge is 2.27. The van der Waals surface area contributed by atoms with Crippen LogP contribution < -0.4 is 0 Å². The quantitative estimate of drug-likeness (QED) is 0.108. The van der Waals surface area contributed by atoms with E-state index in [9.17, 15) is 0 Å². The molecule has 4 saturated carbocycles. The van der Waals surface area contributed by atoms with E-state index >= 15 is 0 Å². The van der Waals surface area contributed by atoms with E-state index in [1.165, 1.54) is 162 Å². The van der Waals surface area contributed by atoms with Crippen LogP contribution in [0.25, 0.3) is 0 Å². The molecule has 0 atom stereocenters. The number of hydrogen-bond acceptors (Lipinski definition) is 12. The molecule has 0 saturated heterocycles. The zero-order valence-corrected chi connectivity index (χ0v) is 52.0. The summed E-state index contributed by atoms with van der Waals surface area (Å²) in [6.45, 7) is 31.1. The monoisotopic (exact) mass is 1090 g/mol. The number of nitrogens with zero attached hydrogens (tertiary/aromatic N) is 6. The van der Waals surface area contributed by atoms with Crippen molar-refractivity contribution in [3.8, 4) is 0 Å². The first-order valence-corrected chi connectivity index (χ1v) is 33.2. The normalized spacial score (nSPS) is 16.2. The minimum Gasteiger partial charge on any atom is -0.249 e. The molecular formula is C60H94N6S6. The third kappa shape index (κ3) is 20.4. The van der Waals surface area contributed by atoms with E-state index in [0.717, 1.165) is 36.5 Å². The first-order valence-electron chi connectivity index (χ1n) is 28.3. The standard InChI is InChI=1S/C12H19NS.C11H17NS.C10H15NS.C9H13NS.2C9H15NS/c1-9(2)11-8-13-12(14-11)10-6-4-3-5-7-10;1-8(2)10-7-12-11(13-10)9-5-3-4-6-9;1-7(2)9-6-11-10(12-9)8-4-3-5-8;1-6(2)8-5-10-9(11-8)7-3-4-7;2*1-4-5-9-10-6-8(11-9)7(2)3/h8-10H,3-7H2,1-2H3;7-9H,3-6H2,1-2H3;6-8H,3-5H2,1-2H3;5-7H,3-4H2,1-2H3;2*6-7H,4-5H2,1-3H3. The summed E-state index contributed by atoms with van der Waals surface area (Å²) in [6.07, 6.45) is 36.3. The van der Waals surface area contributed by atoms with Gasteiger partial charge in [0.15, 0.2) is 0 Å². The SMILES string of the molecule is CC(C)c1cnc(C2CC2)s1.CC(C)c1cnc(C2CCC2)s1.CC(C)c1cnc(C2CCCC2)s1.CC(C)c1cnc(C2CCCCC2)s1.CCCc1ncc(C(C)C)s1.CCCc1ncc(C(C)C)s1. The Balaban J connectivity index is 0.000000161. The van der Waals surface area contributed by atoms with E-state index in [2.05, 4.69) is 145 Å². The average molecular weight is 1090 g/mol. The second-order valence-electron chi connectivity index (χ2n) is 22.4. The molecule has 0 aromatic carbocycles. The van der Waals surface area contributed by atoms with Crippen molar-refractivity contribution in [2.75, 3.05) is 0 Å². The van der Waals surface area contributed by atoms with Crippen LogP contribution in [0, 0.1) is 0 Å². The summed E-state index contributed by atoms with van der Waals surface area (Å²) in [6, 6.07) is 0. The Kier molecular flexibility index (Phi) is 26.7. The van der Waals surface area contributed by atoms with Crippen LogP contribution in [0.1, 0.15) is 318 Å². The predicted octanol–water partition coefficient (Wildman–Crippen LogP) is 21.4. The summed E-state index contributed by atoms with van der Waals surface area (Å²) >= 11 is 11.4. The molecule has 6 aromatic heterocycles. The summed E-state index contributed by atoms with van der Waals surface area (Å²) in [4.78, 5) is 35.3. The van der Waals surface area contributed by atoms with Gasteiger partial charge in [-0.1, -0.05) is 135 Å².